The Morgan fingerprint density at radius 1 is 0.605 bits per heavy atom. The molecular weight excluding hydrogens is 546 g/mol. The fourth-order valence-corrected chi connectivity index (χ4v) is 5.72. The summed E-state index contributed by atoms with van der Waals surface area (Å²) in [5, 5.41) is 0. The Labute approximate surface area is 256 Å². The van der Waals surface area contributed by atoms with Crippen LogP contribution in [-0.4, -0.2) is 25.9 Å². The van der Waals surface area contributed by atoms with Crippen molar-refractivity contribution in [2.24, 2.45) is 17.8 Å². The monoisotopic (exact) mass is 594 g/mol. The molecule has 0 amide bonds. The van der Waals surface area contributed by atoms with Gasteiger partial charge in [0.1, 0.15) is 24.7 Å². The van der Waals surface area contributed by atoms with Gasteiger partial charge in [0.05, 0.1) is 12.7 Å². The standard InChI is InChI=1S/C19H25FO2.C18H23FO2/c1-14-17(21-12-4-7-15-8-9-15)10-11-18(19(14)20)22-13-16-5-2-3-6-16;1-13-16(20-12-4-5-14-8-9-14)10-11-17(18(13)19)21-15-6-2-3-7-15/h4,7,10-11,15-16H,2-3,5-6,8-9,12-13H2,1H3;4-5,10-11,14-15H,2-3,6-9,12H2,1H3/b7-4+;5-4+. The summed E-state index contributed by atoms with van der Waals surface area (Å²) in [5.74, 6) is 3.42. The van der Waals surface area contributed by atoms with Crippen LogP contribution in [0.3, 0.4) is 0 Å². The van der Waals surface area contributed by atoms with Crippen molar-refractivity contribution in [2.75, 3.05) is 19.8 Å². The van der Waals surface area contributed by atoms with E-state index >= 15 is 0 Å². The van der Waals surface area contributed by atoms with Crippen LogP contribution in [0.1, 0.15) is 88.2 Å². The second-order valence-corrected chi connectivity index (χ2v) is 12.6. The molecule has 6 rings (SSSR count). The van der Waals surface area contributed by atoms with Crippen molar-refractivity contribution in [3.05, 3.63) is 71.3 Å². The third kappa shape index (κ3) is 9.74. The van der Waals surface area contributed by atoms with Gasteiger partial charge in [-0.05, 0) is 120 Å². The average molecular weight is 595 g/mol. The van der Waals surface area contributed by atoms with Gasteiger partial charge in [-0.2, -0.15) is 0 Å². The van der Waals surface area contributed by atoms with Crippen molar-refractivity contribution in [1.29, 1.82) is 0 Å². The van der Waals surface area contributed by atoms with Crippen LogP contribution in [0.2, 0.25) is 0 Å². The molecule has 0 bridgehead atoms. The Bertz CT molecular complexity index is 1240. The van der Waals surface area contributed by atoms with Gasteiger partial charge < -0.3 is 18.9 Å². The Morgan fingerprint density at radius 2 is 1.07 bits per heavy atom. The van der Waals surface area contributed by atoms with E-state index in [1.807, 2.05) is 24.3 Å². The van der Waals surface area contributed by atoms with Crippen LogP contribution in [-0.2, 0) is 0 Å². The second kappa shape index (κ2) is 15.6. The fraction of sp³-hybridized carbons (Fsp3) is 0.568. The van der Waals surface area contributed by atoms with Gasteiger partial charge in [0.25, 0.3) is 0 Å². The maximum absolute atomic E-state index is 14.4. The molecule has 43 heavy (non-hydrogen) atoms. The second-order valence-electron chi connectivity index (χ2n) is 12.6. The molecule has 4 aliphatic carbocycles. The number of hydrogen-bond acceptors (Lipinski definition) is 4. The summed E-state index contributed by atoms with van der Waals surface area (Å²) >= 11 is 0. The van der Waals surface area contributed by atoms with Crippen molar-refractivity contribution in [2.45, 2.75) is 97.0 Å². The predicted octanol–water partition coefficient (Wildman–Crippen LogP) is 9.85. The molecule has 2 aromatic rings. The van der Waals surface area contributed by atoms with Gasteiger partial charge in [-0.3, -0.25) is 0 Å². The Kier molecular flexibility index (Phi) is 11.4. The van der Waals surface area contributed by atoms with Crippen LogP contribution in [0.15, 0.2) is 48.6 Å². The van der Waals surface area contributed by atoms with Gasteiger partial charge in [-0.15, -0.1) is 0 Å². The molecule has 0 aliphatic heterocycles. The molecule has 4 nitrogen and oxygen atoms in total. The highest BCUT2D eigenvalue weighted by Gasteiger charge is 2.21. The van der Waals surface area contributed by atoms with Crippen LogP contribution in [0.4, 0.5) is 8.78 Å². The molecule has 0 heterocycles. The normalized spacial score (nSPS) is 19.2. The van der Waals surface area contributed by atoms with E-state index in [9.17, 15) is 8.78 Å². The number of allylic oxidation sites excluding steroid dienone is 2. The topological polar surface area (TPSA) is 36.9 Å². The van der Waals surface area contributed by atoms with Gasteiger partial charge in [0.15, 0.2) is 23.1 Å². The molecule has 0 spiro atoms. The highest BCUT2D eigenvalue weighted by Crippen LogP contribution is 2.34. The summed E-state index contributed by atoms with van der Waals surface area (Å²) in [6.07, 6.45) is 23.1. The first-order chi connectivity index (χ1) is 21.0. The van der Waals surface area contributed by atoms with E-state index in [0.29, 0.717) is 59.9 Å². The first-order valence-corrected chi connectivity index (χ1v) is 16.4. The largest absolute Gasteiger partial charge is 0.490 e. The SMILES string of the molecule is Cc1c(OC/C=C/C2CC2)ccc(OC2CCCC2)c1F.Cc1c(OC/C=C/C2CC2)ccc(OCC2CCCC2)c1F. The molecular formula is C37H48F2O4. The summed E-state index contributed by atoms with van der Waals surface area (Å²) in [5.41, 5.74) is 1.06. The van der Waals surface area contributed by atoms with E-state index in [2.05, 4.69) is 12.2 Å². The minimum atomic E-state index is -0.290. The molecule has 4 saturated carbocycles. The lowest BCUT2D eigenvalue weighted by Gasteiger charge is -2.16. The lowest BCUT2D eigenvalue weighted by molar-refractivity contribution is 0.199. The molecule has 2 aromatic carbocycles. The maximum Gasteiger partial charge on any atom is 0.171 e. The summed E-state index contributed by atoms with van der Waals surface area (Å²) in [4.78, 5) is 0. The number of hydrogen-bond donors (Lipinski definition) is 0. The molecule has 4 fully saturated rings. The molecule has 4 aliphatic rings. The summed E-state index contributed by atoms with van der Waals surface area (Å²) in [6.45, 7) is 5.12. The van der Waals surface area contributed by atoms with Gasteiger partial charge >= 0.3 is 0 Å². The minimum absolute atomic E-state index is 0.173. The predicted molar refractivity (Wildman–Crippen MR) is 167 cm³/mol. The van der Waals surface area contributed by atoms with E-state index < -0.39 is 0 Å². The Balaban J connectivity index is 0.000000171. The van der Waals surface area contributed by atoms with Gasteiger partial charge in [-0.1, -0.05) is 37.1 Å². The van der Waals surface area contributed by atoms with E-state index in [1.165, 1.54) is 64.2 Å². The van der Waals surface area contributed by atoms with Crippen molar-refractivity contribution in [1.82, 2.24) is 0 Å². The molecule has 0 radical (unpaired) electrons. The first-order valence-electron chi connectivity index (χ1n) is 16.4. The molecule has 6 heteroatoms. The average Bonchev–Trinajstić information content (AvgIpc) is 3.91. The van der Waals surface area contributed by atoms with E-state index in [4.69, 9.17) is 18.9 Å². The lowest BCUT2D eigenvalue weighted by Crippen LogP contribution is -2.12. The number of rotatable bonds is 13. The van der Waals surface area contributed by atoms with Crippen molar-refractivity contribution >= 4 is 0 Å². The third-order valence-electron chi connectivity index (χ3n) is 8.88. The zero-order valence-electron chi connectivity index (χ0n) is 25.9. The lowest BCUT2D eigenvalue weighted by atomic mass is 10.1. The Hall–Kier alpha value is -3.02. The molecule has 0 unspecified atom stereocenters. The van der Waals surface area contributed by atoms with E-state index in [1.54, 1.807) is 26.0 Å². The number of halogens is 2. The highest BCUT2D eigenvalue weighted by atomic mass is 19.1. The van der Waals surface area contributed by atoms with Crippen molar-refractivity contribution < 1.29 is 27.7 Å². The first kappa shape index (κ1) is 31.4. The number of ether oxygens (including phenoxy) is 4. The van der Waals surface area contributed by atoms with Crippen molar-refractivity contribution in [3.8, 4) is 23.0 Å². The minimum Gasteiger partial charge on any atom is -0.490 e. The van der Waals surface area contributed by atoms with Gasteiger partial charge in [0.2, 0.25) is 0 Å². The molecule has 234 valence electrons. The van der Waals surface area contributed by atoms with Crippen LogP contribution in [0.5, 0.6) is 23.0 Å². The van der Waals surface area contributed by atoms with Crippen LogP contribution in [0, 0.1) is 43.2 Å². The fourth-order valence-electron chi connectivity index (χ4n) is 5.72. The van der Waals surface area contributed by atoms with E-state index in [-0.39, 0.29) is 17.7 Å². The van der Waals surface area contributed by atoms with Crippen LogP contribution >= 0.6 is 0 Å². The van der Waals surface area contributed by atoms with Crippen LogP contribution < -0.4 is 18.9 Å². The zero-order chi connectivity index (χ0) is 30.0. The molecule has 0 atom stereocenters. The third-order valence-corrected chi connectivity index (χ3v) is 8.88. The summed E-state index contributed by atoms with van der Waals surface area (Å²) in [7, 11) is 0. The van der Waals surface area contributed by atoms with Crippen molar-refractivity contribution in [3.63, 3.8) is 0 Å². The Morgan fingerprint density at radius 3 is 1.60 bits per heavy atom. The molecule has 0 aromatic heterocycles. The summed E-state index contributed by atoms with van der Waals surface area (Å²) in [6, 6.07) is 7.01. The van der Waals surface area contributed by atoms with E-state index in [0.717, 1.165) is 24.7 Å². The highest BCUT2D eigenvalue weighted by molar-refractivity contribution is 5.42. The smallest absolute Gasteiger partial charge is 0.171 e. The quantitative estimate of drug-likeness (QED) is 0.216. The van der Waals surface area contributed by atoms with Gasteiger partial charge in [-0.25, -0.2) is 8.78 Å². The number of benzene rings is 2. The van der Waals surface area contributed by atoms with Gasteiger partial charge in [0, 0.05) is 11.1 Å². The molecule has 0 N–H and O–H groups in total. The maximum atomic E-state index is 14.4. The summed E-state index contributed by atoms with van der Waals surface area (Å²) < 4.78 is 51.4. The molecule has 0 saturated heterocycles. The zero-order valence-corrected chi connectivity index (χ0v) is 25.9. The van der Waals surface area contributed by atoms with Crippen LogP contribution in [0.25, 0.3) is 0 Å².